The van der Waals surface area contributed by atoms with Crippen molar-refractivity contribution in [1.29, 1.82) is 5.26 Å². The van der Waals surface area contributed by atoms with Gasteiger partial charge in [0, 0.05) is 6.04 Å². The van der Waals surface area contributed by atoms with Gasteiger partial charge in [0.15, 0.2) is 0 Å². The Kier molecular flexibility index (Phi) is 3.20. The van der Waals surface area contributed by atoms with Crippen LogP contribution in [0.15, 0.2) is 18.2 Å². The first-order valence-corrected chi connectivity index (χ1v) is 7.12. The standard InChI is InChI=1S/C16H20N2O/c1-16(10-17,18-14-6-7-14)11-19-15-8-5-12-3-2-4-13(12)9-15/h5,8-9,14,18H,2-4,6-7,11H2,1H3. The fourth-order valence-electron chi connectivity index (χ4n) is 2.65. The first kappa shape index (κ1) is 12.5. The minimum atomic E-state index is -0.583. The van der Waals surface area contributed by atoms with Crippen LogP contribution in [0.2, 0.25) is 0 Å². The van der Waals surface area contributed by atoms with Crippen molar-refractivity contribution < 1.29 is 4.74 Å². The summed E-state index contributed by atoms with van der Waals surface area (Å²) in [5.74, 6) is 0.889. The van der Waals surface area contributed by atoms with Gasteiger partial charge in [-0.25, -0.2) is 0 Å². The van der Waals surface area contributed by atoms with Crippen molar-refractivity contribution in [2.75, 3.05) is 6.61 Å². The highest BCUT2D eigenvalue weighted by Gasteiger charge is 2.33. The highest BCUT2D eigenvalue weighted by Crippen LogP contribution is 2.27. The third-order valence-corrected chi connectivity index (χ3v) is 3.94. The predicted molar refractivity (Wildman–Crippen MR) is 74.1 cm³/mol. The Hall–Kier alpha value is -1.53. The molecule has 1 N–H and O–H groups in total. The molecule has 3 rings (SSSR count). The second-order valence-corrected chi connectivity index (χ2v) is 5.94. The topological polar surface area (TPSA) is 45.0 Å². The molecule has 0 saturated heterocycles. The molecule has 3 nitrogen and oxygen atoms in total. The molecule has 1 saturated carbocycles. The van der Waals surface area contributed by atoms with Gasteiger partial charge in [-0.1, -0.05) is 6.07 Å². The molecular formula is C16H20N2O. The average molecular weight is 256 g/mol. The van der Waals surface area contributed by atoms with Crippen LogP contribution in [0.4, 0.5) is 0 Å². The van der Waals surface area contributed by atoms with Crippen LogP contribution in [0.5, 0.6) is 5.75 Å². The Labute approximate surface area is 114 Å². The number of nitriles is 1. The smallest absolute Gasteiger partial charge is 0.138 e. The Morgan fingerprint density at radius 3 is 2.89 bits per heavy atom. The number of nitrogens with one attached hydrogen (secondary N) is 1. The fraction of sp³-hybridized carbons (Fsp3) is 0.562. The van der Waals surface area contributed by atoms with Gasteiger partial charge in [0.25, 0.3) is 0 Å². The lowest BCUT2D eigenvalue weighted by Crippen LogP contribution is -2.47. The van der Waals surface area contributed by atoms with Gasteiger partial charge in [-0.05, 0) is 62.3 Å². The fourth-order valence-corrected chi connectivity index (χ4v) is 2.65. The van der Waals surface area contributed by atoms with E-state index in [9.17, 15) is 5.26 Å². The molecule has 1 aromatic rings. The molecule has 3 heteroatoms. The largest absolute Gasteiger partial charge is 0.491 e. The van der Waals surface area contributed by atoms with E-state index in [0.29, 0.717) is 12.6 Å². The molecule has 100 valence electrons. The summed E-state index contributed by atoms with van der Waals surface area (Å²) < 4.78 is 5.83. The third kappa shape index (κ3) is 2.90. The number of fused-ring (bicyclic) bond motifs is 1. The summed E-state index contributed by atoms with van der Waals surface area (Å²) in [7, 11) is 0. The third-order valence-electron chi connectivity index (χ3n) is 3.94. The van der Waals surface area contributed by atoms with Gasteiger partial charge >= 0.3 is 0 Å². The summed E-state index contributed by atoms with van der Waals surface area (Å²) in [6.07, 6.45) is 5.95. The Morgan fingerprint density at radius 2 is 2.16 bits per heavy atom. The van der Waals surface area contributed by atoms with Gasteiger partial charge in [0.05, 0.1) is 6.07 Å². The zero-order valence-electron chi connectivity index (χ0n) is 11.4. The Bertz CT molecular complexity index is 516. The van der Waals surface area contributed by atoms with Crippen molar-refractivity contribution in [3.05, 3.63) is 29.3 Å². The van der Waals surface area contributed by atoms with E-state index in [0.717, 1.165) is 12.2 Å². The van der Waals surface area contributed by atoms with E-state index >= 15 is 0 Å². The molecule has 0 heterocycles. The van der Waals surface area contributed by atoms with Crippen LogP contribution >= 0.6 is 0 Å². The van der Waals surface area contributed by atoms with E-state index in [4.69, 9.17) is 4.74 Å². The first-order valence-electron chi connectivity index (χ1n) is 7.12. The molecule has 0 radical (unpaired) electrons. The summed E-state index contributed by atoms with van der Waals surface area (Å²) in [5, 5.41) is 12.7. The van der Waals surface area contributed by atoms with Crippen molar-refractivity contribution >= 4 is 0 Å². The number of hydrogen-bond donors (Lipinski definition) is 1. The van der Waals surface area contributed by atoms with Crippen LogP contribution < -0.4 is 10.1 Å². The van der Waals surface area contributed by atoms with Gasteiger partial charge in [0.2, 0.25) is 0 Å². The normalized spacial score (nSPS) is 20.4. The zero-order valence-corrected chi connectivity index (χ0v) is 11.4. The molecule has 1 aromatic carbocycles. The average Bonchev–Trinajstić information content (AvgIpc) is 3.10. The lowest BCUT2D eigenvalue weighted by molar-refractivity contribution is 0.232. The summed E-state index contributed by atoms with van der Waals surface area (Å²) in [5.41, 5.74) is 2.28. The molecule has 1 unspecified atom stereocenters. The van der Waals surface area contributed by atoms with Gasteiger partial charge in [-0.2, -0.15) is 5.26 Å². The Balaban J connectivity index is 1.63. The van der Waals surface area contributed by atoms with Crippen LogP contribution in [-0.2, 0) is 12.8 Å². The maximum absolute atomic E-state index is 9.30. The van der Waals surface area contributed by atoms with Crippen LogP contribution in [-0.4, -0.2) is 18.2 Å². The molecule has 0 aliphatic heterocycles. The number of nitrogens with zero attached hydrogens (tertiary/aromatic N) is 1. The molecule has 1 atom stereocenters. The molecule has 0 bridgehead atoms. The number of aryl methyl sites for hydroxylation is 2. The lowest BCUT2D eigenvalue weighted by Gasteiger charge is -2.23. The van der Waals surface area contributed by atoms with Crippen molar-refractivity contribution in [2.45, 2.75) is 50.6 Å². The van der Waals surface area contributed by atoms with E-state index in [-0.39, 0.29) is 0 Å². The van der Waals surface area contributed by atoms with E-state index in [2.05, 4.69) is 23.5 Å². The van der Waals surface area contributed by atoms with Gasteiger partial charge in [0.1, 0.15) is 17.9 Å². The molecule has 19 heavy (non-hydrogen) atoms. The van der Waals surface area contributed by atoms with Crippen LogP contribution in [0.1, 0.15) is 37.3 Å². The number of hydrogen-bond acceptors (Lipinski definition) is 3. The summed E-state index contributed by atoms with van der Waals surface area (Å²) in [6.45, 7) is 2.32. The van der Waals surface area contributed by atoms with Crippen LogP contribution in [0.3, 0.4) is 0 Å². The van der Waals surface area contributed by atoms with E-state index in [1.165, 1.54) is 36.8 Å². The van der Waals surface area contributed by atoms with Crippen LogP contribution in [0.25, 0.3) is 0 Å². The van der Waals surface area contributed by atoms with Gasteiger partial charge in [-0.15, -0.1) is 0 Å². The van der Waals surface area contributed by atoms with Gasteiger partial charge < -0.3 is 4.74 Å². The number of rotatable bonds is 5. The molecular weight excluding hydrogens is 236 g/mol. The summed E-state index contributed by atoms with van der Waals surface area (Å²) in [4.78, 5) is 0. The van der Waals surface area contributed by atoms with Crippen molar-refractivity contribution in [3.8, 4) is 11.8 Å². The molecule has 0 spiro atoms. The van der Waals surface area contributed by atoms with E-state index in [1.54, 1.807) is 0 Å². The van der Waals surface area contributed by atoms with Crippen molar-refractivity contribution in [3.63, 3.8) is 0 Å². The first-order chi connectivity index (χ1) is 9.18. The minimum absolute atomic E-state index is 0.402. The SMILES string of the molecule is CC(C#N)(COc1ccc2c(c1)CCC2)NC1CC1. The zero-order chi connectivity index (χ0) is 13.3. The number of benzene rings is 1. The van der Waals surface area contributed by atoms with Crippen LogP contribution in [0, 0.1) is 11.3 Å². The molecule has 2 aliphatic carbocycles. The Morgan fingerprint density at radius 1 is 1.37 bits per heavy atom. The highest BCUT2D eigenvalue weighted by atomic mass is 16.5. The van der Waals surface area contributed by atoms with E-state index < -0.39 is 5.54 Å². The predicted octanol–water partition coefficient (Wildman–Crippen LogP) is 2.59. The quantitative estimate of drug-likeness (QED) is 0.880. The molecule has 0 aromatic heterocycles. The monoisotopic (exact) mass is 256 g/mol. The second kappa shape index (κ2) is 4.86. The molecule has 2 aliphatic rings. The maximum Gasteiger partial charge on any atom is 0.138 e. The summed E-state index contributed by atoms with van der Waals surface area (Å²) in [6, 6.07) is 9.17. The maximum atomic E-state index is 9.30. The second-order valence-electron chi connectivity index (χ2n) is 5.94. The van der Waals surface area contributed by atoms with Crippen molar-refractivity contribution in [1.82, 2.24) is 5.32 Å². The molecule has 1 fully saturated rings. The lowest BCUT2D eigenvalue weighted by atomic mass is 10.1. The highest BCUT2D eigenvalue weighted by molar-refractivity contribution is 5.38. The summed E-state index contributed by atoms with van der Waals surface area (Å²) >= 11 is 0. The molecule has 0 amide bonds. The number of ether oxygens (including phenoxy) is 1. The van der Waals surface area contributed by atoms with Crippen molar-refractivity contribution in [2.24, 2.45) is 0 Å². The van der Waals surface area contributed by atoms with E-state index in [1.807, 2.05) is 13.0 Å². The minimum Gasteiger partial charge on any atom is -0.491 e. The van der Waals surface area contributed by atoms with Gasteiger partial charge in [-0.3, -0.25) is 5.32 Å².